The van der Waals surface area contributed by atoms with Crippen LogP contribution in [-0.4, -0.2) is 38.6 Å². The van der Waals surface area contributed by atoms with Crippen molar-refractivity contribution in [2.75, 3.05) is 12.3 Å². The Morgan fingerprint density at radius 1 is 1.50 bits per heavy atom. The van der Waals surface area contributed by atoms with Crippen molar-refractivity contribution in [1.29, 1.82) is 0 Å². The van der Waals surface area contributed by atoms with E-state index in [1.165, 1.54) is 11.9 Å². The number of hydrogen-bond donors (Lipinski definition) is 1. The zero-order valence-electron chi connectivity index (χ0n) is 11.3. The second-order valence-corrected chi connectivity index (χ2v) is 6.26. The molecule has 0 spiro atoms. The van der Waals surface area contributed by atoms with E-state index in [1.807, 2.05) is 24.3 Å². The summed E-state index contributed by atoms with van der Waals surface area (Å²) in [5.41, 5.74) is 2.35. The van der Waals surface area contributed by atoms with E-state index >= 15 is 0 Å². The zero-order valence-corrected chi connectivity index (χ0v) is 12.1. The summed E-state index contributed by atoms with van der Waals surface area (Å²) < 4.78 is 16.2. The van der Waals surface area contributed by atoms with Gasteiger partial charge < -0.3 is 4.74 Å². The number of hydrazine groups is 1. The van der Waals surface area contributed by atoms with Gasteiger partial charge in [-0.15, -0.1) is 0 Å². The summed E-state index contributed by atoms with van der Waals surface area (Å²) in [5.74, 6) is 1.91. The molecule has 20 heavy (non-hydrogen) atoms. The molecule has 1 saturated heterocycles. The van der Waals surface area contributed by atoms with Crippen molar-refractivity contribution in [1.82, 2.24) is 10.4 Å². The minimum atomic E-state index is -1.09. The highest BCUT2D eigenvalue weighted by Gasteiger charge is 2.41. The molecule has 4 rings (SSSR count). The lowest BCUT2D eigenvalue weighted by Crippen LogP contribution is -2.64. The Bertz CT molecular complexity index is 536. The van der Waals surface area contributed by atoms with Gasteiger partial charge in [0.2, 0.25) is 5.91 Å². The number of carbonyl (C=O) groups is 2. The van der Waals surface area contributed by atoms with Gasteiger partial charge in [0.05, 0.1) is 6.54 Å². The number of nitrogens with zero attached hydrogens (tertiary/aromatic N) is 1. The number of fused-ring (bicyclic) bond motifs is 2. The van der Waals surface area contributed by atoms with Gasteiger partial charge in [0.1, 0.15) is 16.7 Å². The van der Waals surface area contributed by atoms with Crippen LogP contribution in [0.4, 0.5) is 0 Å². The molecule has 3 aliphatic heterocycles. The summed E-state index contributed by atoms with van der Waals surface area (Å²) in [6, 6.07) is 7.86. The van der Waals surface area contributed by atoms with Gasteiger partial charge in [-0.1, -0.05) is 13.0 Å². The third-order valence-electron chi connectivity index (χ3n) is 2.83. The third kappa shape index (κ3) is 3.16. The van der Waals surface area contributed by atoms with Crippen LogP contribution >= 0.6 is 0 Å². The van der Waals surface area contributed by atoms with Gasteiger partial charge in [-0.25, -0.2) is 0 Å². The first-order valence-corrected chi connectivity index (χ1v) is 7.63. The second kappa shape index (κ2) is 6.04. The molecule has 0 radical (unpaired) electrons. The van der Waals surface area contributed by atoms with E-state index in [1.54, 1.807) is 6.92 Å². The Balaban J connectivity index is 0.000000173. The van der Waals surface area contributed by atoms with Crippen LogP contribution in [-0.2, 0) is 20.4 Å². The smallest absolute Gasteiger partial charge is 0.258 e. The number of ether oxygens (including phenoxy) is 1. The first kappa shape index (κ1) is 14.5. The molecule has 2 unspecified atom stereocenters. The van der Waals surface area contributed by atoms with Crippen molar-refractivity contribution in [2.45, 2.75) is 19.1 Å². The summed E-state index contributed by atoms with van der Waals surface area (Å²) in [5, 5.41) is 0.775. The lowest BCUT2D eigenvalue weighted by molar-refractivity contribution is -0.148. The van der Waals surface area contributed by atoms with E-state index in [0.717, 1.165) is 11.5 Å². The van der Waals surface area contributed by atoms with E-state index in [2.05, 4.69) is 5.43 Å². The SMILES string of the molecule is CCS(=O)C1CN(NC(C)=O)C1=O.c1cc2cc(c1)O2. The van der Waals surface area contributed by atoms with Crippen molar-refractivity contribution in [2.24, 2.45) is 0 Å². The number of rotatable bonds is 3. The van der Waals surface area contributed by atoms with Gasteiger partial charge >= 0.3 is 0 Å². The molecule has 3 aliphatic rings. The highest BCUT2D eigenvalue weighted by molar-refractivity contribution is 7.86. The quantitative estimate of drug-likeness (QED) is 0.850. The normalized spacial score (nSPS) is 19.6. The van der Waals surface area contributed by atoms with Crippen LogP contribution < -0.4 is 10.2 Å². The molecule has 1 fully saturated rings. The lowest BCUT2D eigenvalue weighted by atomic mass is 10.2. The van der Waals surface area contributed by atoms with Crippen LogP contribution in [0, 0.1) is 0 Å². The van der Waals surface area contributed by atoms with Gasteiger partial charge in [0, 0.05) is 29.5 Å². The van der Waals surface area contributed by atoms with Gasteiger partial charge in [-0.05, 0) is 12.1 Å². The van der Waals surface area contributed by atoms with E-state index < -0.39 is 16.0 Å². The molecule has 1 aromatic carbocycles. The molecule has 6 nitrogen and oxygen atoms in total. The molecule has 2 amide bonds. The van der Waals surface area contributed by atoms with Gasteiger partial charge in [-0.2, -0.15) is 0 Å². The maximum absolute atomic E-state index is 11.2. The predicted octanol–water partition coefficient (Wildman–Crippen LogP) is 0.809. The number of carbonyl (C=O) groups excluding carboxylic acids is 2. The van der Waals surface area contributed by atoms with Crippen molar-refractivity contribution >= 4 is 22.6 Å². The molecule has 7 heteroatoms. The minimum Gasteiger partial charge on any atom is -0.457 e. The van der Waals surface area contributed by atoms with Crippen LogP contribution in [0.1, 0.15) is 13.8 Å². The Labute approximate surface area is 119 Å². The van der Waals surface area contributed by atoms with E-state index in [-0.39, 0.29) is 11.8 Å². The fourth-order valence-corrected chi connectivity index (χ4v) is 2.83. The fourth-order valence-electron chi connectivity index (χ4n) is 1.76. The summed E-state index contributed by atoms with van der Waals surface area (Å²) >= 11 is 0. The average molecular weight is 296 g/mol. The van der Waals surface area contributed by atoms with Gasteiger partial charge in [0.25, 0.3) is 5.91 Å². The van der Waals surface area contributed by atoms with Crippen LogP contribution in [0.15, 0.2) is 24.3 Å². The molecular weight excluding hydrogens is 280 g/mol. The van der Waals surface area contributed by atoms with Crippen molar-refractivity contribution < 1.29 is 18.5 Å². The van der Waals surface area contributed by atoms with E-state index in [0.29, 0.717) is 12.3 Å². The molecule has 1 N–H and O–H groups in total. The summed E-state index contributed by atoms with van der Waals surface area (Å²) in [6.45, 7) is 3.46. The van der Waals surface area contributed by atoms with Crippen LogP contribution in [0.5, 0.6) is 11.5 Å². The maximum Gasteiger partial charge on any atom is 0.258 e. The molecule has 1 aromatic rings. The zero-order chi connectivity index (χ0) is 14.7. The van der Waals surface area contributed by atoms with E-state index in [9.17, 15) is 13.8 Å². The number of β-lactam (4-membered cyclic amide) rings is 1. The third-order valence-corrected chi connectivity index (χ3v) is 4.38. The minimum absolute atomic E-state index is 0.254. The first-order chi connectivity index (χ1) is 9.51. The van der Waals surface area contributed by atoms with Crippen LogP contribution in [0.3, 0.4) is 0 Å². The maximum atomic E-state index is 11.2. The number of nitrogens with one attached hydrogen (secondary N) is 1. The molecule has 3 heterocycles. The Hall–Kier alpha value is -1.89. The highest BCUT2D eigenvalue weighted by atomic mass is 32.2. The molecule has 0 saturated carbocycles. The molecule has 0 aliphatic carbocycles. The summed E-state index contributed by atoms with van der Waals surface area (Å²) in [7, 11) is -1.09. The molecule has 2 atom stereocenters. The standard InChI is InChI=1S/C7H12N2O3S.C6H4O/c1-3-13(12)6-4-9(7(6)11)8-5(2)10;1-2-5-4-6(3-1)7-5/h6H,3-4H2,1-2H3,(H,8,10);1-4H. The Morgan fingerprint density at radius 2 is 2.10 bits per heavy atom. The Kier molecular flexibility index (Phi) is 4.39. The Morgan fingerprint density at radius 3 is 2.40 bits per heavy atom. The van der Waals surface area contributed by atoms with E-state index in [4.69, 9.17) is 4.74 Å². The van der Waals surface area contributed by atoms with Gasteiger partial charge in [-0.3, -0.25) is 24.2 Å². The van der Waals surface area contributed by atoms with Crippen molar-refractivity contribution in [3.63, 3.8) is 0 Å². The predicted molar refractivity (Wildman–Crippen MR) is 74.5 cm³/mol. The number of amides is 2. The number of hydrogen-bond acceptors (Lipinski definition) is 4. The molecule has 2 bridgehead atoms. The van der Waals surface area contributed by atoms with Crippen molar-refractivity contribution in [3.8, 4) is 11.5 Å². The molecular formula is C13H16N2O4S. The number of benzene rings is 1. The monoisotopic (exact) mass is 296 g/mol. The van der Waals surface area contributed by atoms with Crippen molar-refractivity contribution in [3.05, 3.63) is 24.3 Å². The topological polar surface area (TPSA) is 75.7 Å². The average Bonchev–Trinajstić information content (AvgIpc) is 2.42. The van der Waals surface area contributed by atoms with Crippen LogP contribution in [0.25, 0.3) is 0 Å². The van der Waals surface area contributed by atoms with Gasteiger partial charge in [0.15, 0.2) is 0 Å². The fraction of sp³-hybridized carbons (Fsp3) is 0.385. The summed E-state index contributed by atoms with van der Waals surface area (Å²) in [6.07, 6.45) is 0. The van der Waals surface area contributed by atoms with Crippen LogP contribution in [0.2, 0.25) is 0 Å². The molecule has 108 valence electrons. The largest absolute Gasteiger partial charge is 0.457 e. The lowest BCUT2D eigenvalue weighted by Gasteiger charge is -2.36. The second-order valence-electron chi connectivity index (χ2n) is 4.35. The molecule has 0 aromatic heterocycles. The first-order valence-electron chi connectivity index (χ1n) is 6.25. The highest BCUT2D eigenvalue weighted by Crippen LogP contribution is 2.32. The summed E-state index contributed by atoms with van der Waals surface area (Å²) in [4.78, 5) is 21.8.